The summed E-state index contributed by atoms with van der Waals surface area (Å²) in [5.41, 5.74) is 0.00505. The van der Waals surface area contributed by atoms with Gasteiger partial charge < -0.3 is 14.8 Å². The number of hydrogen-bond donors (Lipinski definition) is 1. The predicted molar refractivity (Wildman–Crippen MR) is 67.0 cm³/mol. The quantitative estimate of drug-likeness (QED) is 0.915. The Morgan fingerprint density at radius 2 is 2.00 bits per heavy atom. The first-order valence-electron chi connectivity index (χ1n) is 6.66. The van der Waals surface area contributed by atoms with Gasteiger partial charge in [-0.3, -0.25) is 0 Å². The molecule has 1 unspecified atom stereocenters. The Hall–Kier alpha value is -1.36. The second-order valence-electron chi connectivity index (χ2n) is 5.06. The van der Waals surface area contributed by atoms with Gasteiger partial charge in [0.15, 0.2) is 11.5 Å². The molecule has 1 atom stereocenters. The predicted octanol–water partition coefficient (Wildman–Crippen LogP) is 2.69. The highest BCUT2D eigenvalue weighted by atomic mass is 19.3. The van der Waals surface area contributed by atoms with Gasteiger partial charge in [0.1, 0.15) is 13.2 Å². The Morgan fingerprint density at radius 1 is 1.21 bits per heavy atom. The van der Waals surface area contributed by atoms with Gasteiger partial charge in [0.05, 0.1) is 0 Å². The van der Waals surface area contributed by atoms with Crippen molar-refractivity contribution >= 4 is 0 Å². The molecule has 5 heteroatoms. The lowest BCUT2D eigenvalue weighted by Crippen LogP contribution is -2.29. The van der Waals surface area contributed by atoms with Crippen molar-refractivity contribution in [3.63, 3.8) is 0 Å². The van der Waals surface area contributed by atoms with Crippen LogP contribution in [0.1, 0.15) is 24.8 Å². The summed E-state index contributed by atoms with van der Waals surface area (Å²) >= 11 is 0. The minimum absolute atomic E-state index is 0.00505. The highest BCUT2D eigenvalue weighted by Crippen LogP contribution is 2.39. The smallest absolute Gasteiger partial charge is 0.274 e. The van der Waals surface area contributed by atoms with Gasteiger partial charge in [-0.15, -0.1) is 0 Å². The van der Waals surface area contributed by atoms with Crippen molar-refractivity contribution in [1.82, 2.24) is 5.32 Å². The molecule has 3 rings (SSSR count). The van der Waals surface area contributed by atoms with E-state index in [0.29, 0.717) is 24.7 Å². The number of alkyl halides is 2. The third-order valence-electron chi connectivity index (χ3n) is 3.63. The van der Waals surface area contributed by atoms with E-state index in [2.05, 4.69) is 5.32 Å². The summed E-state index contributed by atoms with van der Waals surface area (Å²) in [6.07, 6.45) is 1.63. The molecular formula is C14H17F2NO2. The van der Waals surface area contributed by atoms with Crippen LogP contribution in [-0.2, 0) is 5.92 Å². The Kier molecular flexibility index (Phi) is 3.31. The summed E-state index contributed by atoms with van der Waals surface area (Å²) in [7, 11) is 0. The maximum Gasteiger partial charge on any atom is 0.274 e. The molecule has 0 radical (unpaired) electrons. The zero-order valence-corrected chi connectivity index (χ0v) is 10.6. The number of ether oxygens (including phenoxy) is 2. The van der Waals surface area contributed by atoms with Gasteiger partial charge >= 0.3 is 0 Å². The Morgan fingerprint density at radius 3 is 2.74 bits per heavy atom. The Labute approximate surface area is 110 Å². The molecule has 1 aromatic carbocycles. The zero-order valence-electron chi connectivity index (χ0n) is 10.6. The number of rotatable bonds is 3. The second-order valence-corrected chi connectivity index (χ2v) is 5.06. The largest absolute Gasteiger partial charge is 0.486 e. The average molecular weight is 269 g/mol. The molecule has 19 heavy (non-hydrogen) atoms. The molecule has 0 bridgehead atoms. The molecule has 0 aliphatic carbocycles. The molecule has 2 heterocycles. The third-order valence-corrected chi connectivity index (χ3v) is 3.63. The molecule has 0 spiro atoms. The van der Waals surface area contributed by atoms with Gasteiger partial charge in [-0.1, -0.05) is 0 Å². The topological polar surface area (TPSA) is 30.5 Å². The SMILES string of the molecule is FC(F)(CC1CCCN1)c1ccc2c(c1)OCCO2. The summed E-state index contributed by atoms with van der Waals surface area (Å²) in [6.45, 7) is 1.71. The van der Waals surface area contributed by atoms with E-state index in [1.807, 2.05) is 0 Å². The first-order chi connectivity index (χ1) is 9.15. The van der Waals surface area contributed by atoms with Crippen LogP contribution in [-0.4, -0.2) is 25.8 Å². The maximum absolute atomic E-state index is 14.2. The normalized spacial score (nSPS) is 22.5. The van der Waals surface area contributed by atoms with E-state index >= 15 is 0 Å². The van der Waals surface area contributed by atoms with E-state index in [1.165, 1.54) is 12.1 Å². The van der Waals surface area contributed by atoms with Crippen molar-refractivity contribution in [3.8, 4) is 11.5 Å². The van der Waals surface area contributed by atoms with Crippen molar-refractivity contribution in [2.24, 2.45) is 0 Å². The summed E-state index contributed by atoms with van der Waals surface area (Å²) in [4.78, 5) is 0. The molecule has 0 saturated carbocycles. The zero-order chi connectivity index (χ0) is 13.3. The van der Waals surface area contributed by atoms with Crippen LogP contribution in [0.25, 0.3) is 0 Å². The number of benzene rings is 1. The summed E-state index contributed by atoms with van der Waals surface area (Å²) < 4.78 is 39.2. The first kappa shape index (κ1) is 12.7. The highest BCUT2D eigenvalue weighted by molar-refractivity contribution is 5.45. The molecule has 104 valence electrons. The van der Waals surface area contributed by atoms with Crippen molar-refractivity contribution in [1.29, 1.82) is 0 Å². The van der Waals surface area contributed by atoms with Crippen LogP contribution in [0.5, 0.6) is 11.5 Å². The van der Waals surface area contributed by atoms with E-state index in [0.717, 1.165) is 19.4 Å². The van der Waals surface area contributed by atoms with E-state index in [-0.39, 0.29) is 18.0 Å². The van der Waals surface area contributed by atoms with Crippen LogP contribution in [0.3, 0.4) is 0 Å². The number of nitrogens with one attached hydrogen (secondary N) is 1. The van der Waals surface area contributed by atoms with Gasteiger partial charge in [-0.25, -0.2) is 8.78 Å². The van der Waals surface area contributed by atoms with Gasteiger partial charge in [-0.2, -0.15) is 0 Å². The monoisotopic (exact) mass is 269 g/mol. The average Bonchev–Trinajstić information content (AvgIpc) is 2.90. The molecule has 1 fully saturated rings. The second kappa shape index (κ2) is 4.96. The highest BCUT2D eigenvalue weighted by Gasteiger charge is 2.36. The van der Waals surface area contributed by atoms with Crippen LogP contribution >= 0.6 is 0 Å². The van der Waals surface area contributed by atoms with Crippen LogP contribution in [0, 0.1) is 0 Å². The van der Waals surface area contributed by atoms with Crippen LogP contribution < -0.4 is 14.8 Å². The summed E-state index contributed by atoms with van der Waals surface area (Å²) in [5, 5.41) is 3.11. The van der Waals surface area contributed by atoms with Crippen molar-refractivity contribution in [2.45, 2.75) is 31.2 Å². The molecule has 2 aliphatic heterocycles. The lowest BCUT2D eigenvalue weighted by Gasteiger charge is -2.23. The van der Waals surface area contributed by atoms with E-state index in [4.69, 9.17) is 9.47 Å². The fourth-order valence-corrected chi connectivity index (χ4v) is 2.63. The third kappa shape index (κ3) is 2.66. The van der Waals surface area contributed by atoms with Gasteiger partial charge in [0.2, 0.25) is 0 Å². The van der Waals surface area contributed by atoms with Crippen molar-refractivity contribution in [2.75, 3.05) is 19.8 Å². The van der Waals surface area contributed by atoms with Gasteiger partial charge in [0, 0.05) is 18.0 Å². The van der Waals surface area contributed by atoms with Gasteiger partial charge in [0.25, 0.3) is 5.92 Å². The first-order valence-corrected chi connectivity index (χ1v) is 6.66. The van der Waals surface area contributed by atoms with E-state index in [1.54, 1.807) is 6.07 Å². The number of hydrogen-bond acceptors (Lipinski definition) is 3. The van der Waals surface area contributed by atoms with E-state index in [9.17, 15) is 8.78 Å². The van der Waals surface area contributed by atoms with Crippen LogP contribution in [0.15, 0.2) is 18.2 Å². The van der Waals surface area contributed by atoms with E-state index < -0.39 is 5.92 Å². The molecule has 0 aromatic heterocycles. The number of halogens is 2. The van der Waals surface area contributed by atoms with Crippen molar-refractivity contribution < 1.29 is 18.3 Å². The Balaban J connectivity index is 1.79. The summed E-state index contributed by atoms with van der Waals surface area (Å²) in [6, 6.07) is 4.31. The molecule has 1 saturated heterocycles. The standard InChI is InChI=1S/C14H17F2NO2/c15-14(16,9-11-2-1-5-17-11)10-3-4-12-13(8-10)19-7-6-18-12/h3-4,8,11,17H,1-2,5-7,9H2. The van der Waals surface area contributed by atoms with Crippen LogP contribution in [0.4, 0.5) is 8.78 Å². The summed E-state index contributed by atoms with van der Waals surface area (Å²) in [5.74, 6) is -1.87. The molecular weight excluding hydrogens is 252 g/mol. The molecule has 2 aliphatic rings. The van der Waals surface area contributed by atoms with Crippen LogP contribution in [0.2, 0.25) is 0 Å². The fraction of sp³-hybridized carbons (Fsp3) is 0.571. The molecule has 1 aromatic rings. The number of fused-ring (bicyclic) bond motifs is 1. The fourth-order valence-electron chi connectivity index (χ4n) is 2.63. The minimum atomic E-state index is -2.84. The maximum atomic E-state index is 14.2. The van der Waals surface area contributed by atoms with Gasteiger partial charge in [-0.05, 0) is 37.6 Å². The molecule has 3 nitrogen and oxygen atoms in total. The minimum Gasteiger partial charge on any atom is -0.486 e. The molecule has 1 N–H and O–H groups in total. The molecule has 0 amide bonds. The lowest BCUT2D eigenvalue weighted by molar-refractivity contribution is -0.0217. The lowest BCUT2D eigenvalue weighted by atomic mass is 9.99. The van der Waals surface area contributed by atoms with Crippen molar-refractivity contribution in [3.05, 3.63) is 23.8 Å². The Bertz CT molecular complexity index is 459.